The molecule has 1 atom stereocenters. The molecule has 1 aromatic heterocycles. The van der Waals surface area contributed by atoms with Gasteiger partial charge in [0.05, 0.1) is 0 Å². The highest BCUT2D eigenvalue weighted by Crippen LogP contribution is 2.31. The fourth-order valence-electron chi connectivity index (χ4n) is 4.96. The molecule has 4 nitrogen and oxygen atoms in total. The molecule has 1 amide bonds. The van der Waals surface area contributed by atoms with Crippen LogP contribution in [-0.4, -0.2) is 16.6 Å². The van der Waals surface area contributed by atoms with Crippen molar-refractivity contribution in [2.24, 2.45) is 0 Å². The highest BCUT2D eigenvalue weighted by atomic mass is 16.5. The summed E-state index contributed by atoms with van der Waals surface area (Å²) in [6.07, 6.45) is 4.81. The molecule has 3 aromatic carbocycles. The van der Waals surface area contributed by atoms with Gasteiger partial charge in [0.1, 0.15) is 5.75 Å². The molecule has 0 spiro atoms. The van der Waals surface area contributed by atoms with Crippen molar-refractivity contribution in [1.82, 2.24) is 4.57 Å². The van der Waals surface area contributed by atoms with Gasteiger partial charge in [0.15, 0.2) is 6.10 Å². The maximum Gasteiger partial charge on any atom is 0.265 e. The average molecular weight is 427 g/mol. The molecule has 0 saturated carbocycles. The van der Waals surface area contributed by atoms with Gasteiger partial charge in [0.2, 0.25) is 0 Å². The molecule has 0 radical (unpaired) electrons. The number of ether oxygens (including phenoxy) is 1. The van der Waals surface area contributed by atoms with E-state index >= 15 is 0 Å². The summed E-state index contributed by atoms with van der Waals surface area (Å²) in [5.41, 5.74) is 5.98. The van der Waals surface area contributed by atoms with Gasteiger partial charge in [-0.05, 0) is 86.6 Å². The van der Waals surface area contributed by atoms with Gasteiger partial charge < -0.3 is 14.6 Å². The van der Waals surface area contributed by atoms with E-state index in [1.54, 1.807) is 0 Å². The number of para-hydroxylation sites is 1. The van der Waals surface area contributed by atoms with E-state index in [-0.39, 0.29) is 5.91 Å². The zero-order chi connectivity index (χ0) is 22.1. The normalized spacial score (nSPS) is 14.3. The van der Waals surface area contributed by atoms with Crippen LogP contribution < -0.4 is 10.1 Å². The van der Waals surface area contributed by atoms with Crippen LogP contribution >= 0.6 is 0 Å². The van der Waals surface area contributed by atoms with Crippen molar-refractivity contribution in [3.05, 3.63) is 71.8 Å². The second-order valence-electron chi connectivity index (χ2n) is 8.63. The van der Waals surface area contributed by atoms with Gasteiger partial charge in [-0.1, -0.05) is 31.2 Å². The first-order valence-corrected chi connectivity index (χ1v) is 11.8. The molecule has 1 heterocycles. The lowest BCUT2D eigenvalue weighted by Gasteiger charge is -2.20. The van der Waals surface area contributed by atoms with Crippen LogP contribution in [0, 0.1) is 0 Å². The number of hydrogen-bond acceptors (Lipinski definition) is 2. The third kappa shape index (κ3) is 3.75. The van der Waals surface area contributed by atoms with Crippen LogP contribution in [0.1, 0.15) is 44.2 Å². The number of rotatable bonds is 6. The smallest absolute Gasteiger partial charge is 0.265 e. The van der Waals surface area contributed by atoms with E-state index in [2.05, 4.69) is 65.3 Å². The number of anilines is 1. The largest absolute Gasteiger partial charge is 0.481 e. The summed E-state index contributed by atoms with van der Waals surface area (Å²) in [5.74, 6) is 0.679. The zero-order valence-electron chi connectivity index (χ0n) is 18.9. The number of hydrogen-bond donors (Lipinski definition) is 1. The minimum absolute atomic E-state index is 0.108. The van der Waals surface area contributed by atoms with Gasteiger partial charge >= 0.3 is 0 Å². The topological polar surface area (TPSA) is 43.3 Å². The average Bonchev–Trinajstić information content (AvgIpc) is 3.15. The Morgan fingerprint density at radius 2 is 1.72 bits per heavy atom. The molecule has 0 unspecified atom stereocenters. The van der Waals surface area contributed by atoms with Gasteiger partial charge in [-0.15, -0.1) is 0 Å². The molecule has 0 fully saturated rings. The number of nitrogens with zero attached hydrogens (tertiary/aromatic N) is 1. The fraction of sp³-hybridized carbons (Fsp3) is 0.321. The van der Waals surface area contributed by atoms with E-state index in [4.69, 9.17) is 4.74 Å². The number of aromatic nitrogens is 1. The van der Waals surface area contributed by atoms with Crippen LogP contribution in [0.4, 0.5) is 5.69 Å². The van der Waals surface area contributed by atoms with Gasteiger partial charge in [-0.2, -0.15) is 0 Å². The van der Waals surface area contributed by atoms with Crippen molar-refractivity contribution in [2.45, 2.75) is 58.6 Å². The molecule has 1 aliphatic rings. The van der Waals surface area contributed by atoms with Crippen molar-refractivity contribution in [3.63, 3.8) is 0 Å². The zero-order valence-corrected chi connectivity index (χ0v) is 18.9. The Morgan fingerprint density at radius 1 is 0.938 bits per heavy atom. The van der Waals surface area contributed by atoms with E-state index < -0.39 is 6.10 Å². The minimum Gasteiger partial charge on any atom is -0.481 e. The first-order valence-electron chi connectivity index (χ1n) is 11.8. The van der Waals surface area contributed by atoms with Gasteiger partial charge in [0, 0.05) is 34.0 Å². The number of aryl methyl sites for hydroxylation is 3. The van der Waals surface area contributed by atoms with E-state index in [1.807, 2.05) is 19.1 Å². The molecule has 5 rings (SSSR count). The first-order chi connectivity index (χ1) is 15.7. The van der Waals surface area contributed by atoms with Crippen LogP contribution in [-0.2, 0) is 24.2 Å². The Kier molecular flexibility index (Phi) is 5.60. The summed E-state index contributed by atoms with van der Waals surface area (Å²) in [6, 6.07) is 20.9. The molecular weight excluding hydrogens is 396 g/mol. The minimum atomic E-state index is -0.524. The van der Waals surface area contributed by atoms with E-state index in [9.17, 15) is 4.79 Å². The number of nitrogens with one attached hydrogen (secondary N) is 1. The predicted molar refractivity (Wildman–Crippen MR) is 132 cm³/mol. The quantitative estimate of drug-likeness (QED) is 0.383. The Bertz CT molecular complexity index is 1290. The number of benzene rings is 3. The van der Waals surface area contributed by atoms with Crippen molar-refractivity contribution in [2.75, 3.05) is 5.32 Å². The number of carbonyl (C=O) groups is 1. The summed E-state index contributed by atoms with van der Waals surface area (Å²) in [6.45, 7) is 5.05. The third-order valence-corrected chi connectivity index (χ3v) is 6.62. The van der Waals surface area contributed by atoms with Gasteiger partial charge in [0.25, 0.3) is 5.91 Å². The SMILES string of the molecule is CC[C@@H](Oc1ccc2c(c1)CCCC2)C(=O)Nc1ccc2c(c1)c1ccccc1n2CC. The van der Waals surface area contributed by atoms with E-state index in [0.29, 0.717) is 6.42 Å². The molecule has 4 heteroatoms. The van der Waals surface area contributed by atoms with Crippen LogP contribution in [0.3, 0.4) is 0 Å². The van der Waals surface area contributed by atoms with E-state index in [1.165, 1.54) is 40.4 Å². The number of amides is 1. The molecular formula is C28H30N2O2. The number of carbonyl (C=O) groups excluding carboxylic acids is 1. The Hall–Kier alpha value is -3.27. The molecule has 164 valence electrons. The van der Waals surface area contributed by atoms with Crippen molar-refractivity contribution in [3.8, 4) is 5.75 Å². The lowest BCUT2D eigenvalue weighted by molar-refractivity contribution is -0.122. The van der Waals surface area contributed by atoms with E-state index in [0.717, 1.165) is 36.2 Å². The summed E-state index contributed by atoms with van der Waals surface area (Å²) in [7, 11) is 0. The van der Waals surface area contributed by atoms with Crippen LogP contribution in [0.2, 0.25) is 0 Å². The summed E-state index contributed by atoms with van der Waals surface area (Å²) >= 11 is 0. The van der Waals surface area contributed by atoms with Crippen LogP contribution in [0.15, 0.2) is 60.7 Å². The lowest BCUT2D eigenvalue weighted by Crippen LogP contribution is -2.32. The molecule has 1 N–H and O–H groups in total. The van der Waals surface area contributed by atoms with Gasteiger partial charge in [-0.3, -0.25) is 4.79 Å². The molecule has 4 aromatic rings. The monoisotopic (exact) mass is 426 g/mol. The number of fused-ring (bicyclic) bond motifs is 4. The summed E-state index contributed by atoms with van der Waals surface area (Å²) < 4.78 is 8.44. The maximum absolute atomic E-state index is 13.1. The second-order valence-corrected chi connectivity index (χ2v) is 8.63. The molecule has 32 heavy (non-hydrogen) atoms. The van der Waals surface area contributed by atoms with Crippen LogP contribution in [0.25, 0.3) is 21.8 Å². The third-order valence-electron chi connectivity index (χ3n) is 6.62. The fourth-order valence-corrected chi connectivity index (χ4v) is 4.96. The Balaban J connectivity index is 1.38. The van der Waals surface area contributed by atoms with Crippen molar-refractivity contribution >= 4 is 33.4 Å². The summed E-state index contributed by atoms with van der Waals surface area (Å²) in [5, 5.41) is 5.45. The Labute approximate surface area is 189 Å². The Morgan fingerprint density at radius 3 is 2.53 bits per heavy atom. The van der Waals surface area contributed by atoms with Crippen LogP contribution in [0.5, 0.6) is 5.75 Å². The summed E-state index contributed by atoms with van der Waals surface area (Å²) in [4.78, 5) is 13.1. The highest BCUT2D eigenvalue weighted by Gasteiger charge is 2.20. The standard InChI is InChI=1S/C28H30N2O2/c1-3-27(32-22-15-13-19-9-5-6-10-20(19)17-22)28(31)29-21-14-16-26-24(18-21)23-11-7-8-12-25(23)30(26)4-2/h7-8,11-18,27H,3-6,9-10H2,1-2H3,(H,29,31)/t27-/m1/s1. The molecule has 0 saturated heterocycles. The molecule has 0 aliphatic heterocycles. The predicted octanol–water partition coefficient (Wildman–Crippen LogP) is 6.49. The molecule has 1 aliphatic carbocycles. The maximum atomic E-state index is 13.1. The lowest BCUT2D eigenvalue weighted by atomic mass is 9.92. The van der Waals surface area contributed by atoms with Gasteiger partial charge in [-0.25, -0.2) is 0 Å². The van der Waals surface area contributed by atoms with Crippen molar-refractivity contribution < 1.29 is 9.53 Å². The second kappa shape index (κ2) is 8.70. The first kappa shape index (κ1) is 20.6. The highest BCUT2D eigenvalue weighted by molar-refractivity contribution is 6.10. The van der Waals surface area contributed by atoms with Crippen molar-refractivity contribution in [1.29, 1.82) is 0 Å². The molecule has 0 bridgehead atoms.